The first-order valence-corrected chi connectivity index (χ1v) is 6.20. The smallest absolute Gasteiger partial charge is 0.307 e. The Hall–Kier alpha value is -1.96. The minimum Gasteiger partial charge on any atom is -0.391 e. The van der Waals surface area contributed by atoms with E-state index in [0.29, 0.717) is 6.42 Å². The maximum Gasteiger partial charge on any atom is 0.307 e. The van der Waals surface area contributed by atoms with E-state index in [9.17, 15) is 20.0 Å². The van der Waals surface area contributed by atoms with E-state index in [-0.39, 0.29) is 24.2 Å². The highest BCUT2D eigenvalue weighted by Crippen LogP contribution is 2.18. The number of nitrogens with zero attached hydrogens (tertiary/aromatic N) is 3. The lowest BCUT2D eigenvalue weighted by Gasteiger charge is -2.28. The molecule has 19 heavy (non-hydrogen) atoms. The number of aromatic nitrogens is 2. The van der Waals surface area contributed by atoms with E-state index in [1.165, 1.54) is 10.9 Å². The SMILES string of the molecule is O=C(Cn1cc([N+](=O)[O-])cn1)NC1CCCCC1O. The minimum absolute atomic E-state index is 0.0863. The molecule has 0 aromatic carbocycles. The van der Waals surface area contributed by atoms with Crippen LogP contribution in [0.25, 0.3) is 0 Å². The summed E-state index contributed by atoms with van der Waals surface area (Å²) in [5.74, 6) is -0.302. The number of amides is 1. The van der Waals surface area contributed by atoms with Gasteiger partial charge in [0.05, 0.1) is 17.1 Å². The Balaban J connectivity index is 1.87. The van der Waals surface area contributed by atoms with Crippen molar-refractivity contribution >= 4 is 11.6 Å². The van der Waals surface area contributed by atoms with Gasteiger partial charge >= 0.3 is 5.69 Å². The van der Waals surface area contributed by atoms with Crippen LogP contribution in [0.5, 0.6) is 0 Å². The molecule has 2 unspecified atom stereocenters. The summed E-state index contributed by atoms with van der Waals surface area (Å²) in [5.41, 5.74) is -0.148. The second-order valence-corrected chi connectivity index (χ2v) is 4.68. The fourth-order valence-corrected chi connectivity index (χ4v) is 2.21. The summed E-state index contributed by atoms with van der Waals surface area (Å²) in [6, 6.07) is -0.230. The highest BCUT2D eigenvalue weighted by atomic mass is 16.6. The van der Waals surface area contributed by atoms with Crippen LogP contribution in [0.4, 0.5) is 5.69 Å². The van der Waals surface area contributed by atoms with Crippen molar-refractivity contribution in [2.45, 2.75) is 44.4 Å². The first-order chi connectivity index (χ1) is 9.06. The summed E-state index contributed by atoms with van der Waals surface area (Å²) in [6.07, 6.45) is 5.20. The molecule has 2 N–H and O–H groups in total. The summed E-state index contributed by atoms with van der Waals surface area (Å²) < 4.78 is 1.21. The summed E-state index contributed by atoms with van der Waals surface area (Å²) in [7, 11) is 0. The first-order valence-electron chi connectivity index (χ1n) is 6.20. The standard InChI is InChI=1S/C11H16N4O4/c16-10-4-2-1-3-9(10)13-11(17)7-14-6-8(5-12-14)15(18)19/h5-6,9-10,16H,1-4,7H2,(H,13,17). The van der Waals surface area contributed by atoms with E-state index in [1.54, 1.807) is 0 Å². The summed E-state index contributed by atoms with van der Waals surface area (Å²) in [6.45, 7) is -0.0863. The fraction of sp³-hybridized carbons (Fsp3) is 0.636. The van der Waals surface area contributed by atoms with Gasteiger partial charge in [0.15, 0.2) is 0 Å². The molecular weight excluding hydrogens is 252 g/mol. The van der Waals surface area contributed by atoms with Crippen LogP contribution in [0.2, 0.25) is 0 Å². The van der Waals surface area contributed by atoms with Crippen molar-refractivity contribution in [3.63, 3.8) is 0 Å². The molecule has 1 saturated carbocycles. The summed E-state index contributed by atoms with van der Waals surface area (Å²) >= 11 is 0. The zero-order chi connectivity index (χ0) is 13.8. The van der Waals surface area contributed by atoms with Gasteiger partial charge in [-0.25, -0.2) is 0 Å². The lowest BCUT2D eigenvalue weighted by atomic mass is 9.92. The Morgan fingerprint density at radius 2 is 2.32 bits per heavy atom. The van der Waals surface area contributed by atoms with Gasteiger partial charge in [-0.2, -0.15) is 5.10 Å². The van der Waals surface area contributed by atoms with E-state index in [2.05, 4.69) is 10.4 Å². The van der Waals surface area contributed by atoms with Gasteiger partial charge in [0.1, 0.15) is 18.9 Å². The van der Waals surface area contributed by atoms with E-state index < -0.39 is 11.0 Å². The average molecular weight is 268 g/mol. The minimum atomic E-state index is -0.563. The lowest BCUT2D eigenvalue weighted by Crippen LogP contribution is -2.46. The van der Waals surface area contributed by atoms with Gasteiger partial charge in [0.2, 0.25) is 5.91 Å². The number of carbonyl (C=O) groups excluding carboxylic acids is 1. The van der Waals surface area contributed by atoms with Crippen LogP contribution in [0.15, 0.2) is 12.4 Å². The largest absolute Gasteiger partial charge is 0.391 e. The Kier molecular flexibility index (Phi) is 4.10. The number of aliphatic hydroxyl groups excluding tert-OH is 1. The predicted octanol–water partition coefficient (Wildman–Crippen LogP) is 0.211. The van der Waals surface area contributed by atoms with Crippen LogP contribution in [0.1, 0.15) is 25.7 Å². The molecule has 0 bridgehead atoms. The van der Waals surface area contributed by atoms with Crippen molar-refractivity contribution < 1.29 is 14.8 Å². The maximum absolute atomic E-state index is 11.8. The van der Waals surface area contributed by atoms with E-state index in [0.717, 1.165) is 25.5 Å². The highest BCUT2D eigenvalue weighted by molar-refractivity contribution is 5.76. The third-order valence-corrected chi connectivity index (χ3v) is 3.21. The third kappa shape index (κ3) is 3.50. The van der Waals surface area contributed by atoms with Crippen LogP contribution < -0.4 is 5.32 Å². The Morgan fingerprint density at radius 1 is 1.58 bits per heavy atom. The molecule has 8 heteroatoms. The second-order valence-electron chi connectivity index (χ2n) is 4.68. The molecule has 0 aliphatic heterocycles. The van der Waals surface area contributed by atoms with Gasteiger partial charge in [-0.15, -0.1) is 0 Å². The number of hydrogen-bond acceptors (Lipinski definition) is 5. The van der Waals surface area contributed by atoms with E-state index in [4.69, 9.17) is 0 Å². The van der Waals surface area contributed by atoms with Crippen LogP contribution in [-0.2, 0) is 11.3 Å². The molecule has 0 spiro atoms. The quantitative estimate of drug-likeness (QED) is 0.599. The number of nitro groups is 1. The molecule has 1 aromatic heterocycles. The predicted molar refractivity (Wildman–Crippen MR) is 65.3 cm³/mol. The van der Waals surface area contributed by atoms with Crippen molar-refractivity contribution in [2.75, 3.05) is 0 Å². The molecule has 1 aliphatic carbocycles. The number of aliphatic hydroxyl groups is 1. The number of nitrogens with one attached hydrogen (secondary N) is 1. The van der Waals surface area contributed by atoms with Crippen molar-refractivity contribution in [1.29, 1.82) is 0 Å². The van der Waals surface area contributed by atoms with Gasteiger partial charge in [-0.05, 0) is 12.8 Å². The zero-order valence-corrected chi connectivity index (χ0v) is 10.4. The van der Waals surface area contributed by atoms with Gasteiger partial charge in [0, 0.05) is 0 Å². The molecule has 104 valence electrons. The molecule has 1 heterocycles. The molecule has 1 aromatic rings. The number of rotatable bonds is 4. The molecule has 0 saturated heterocycles. The highest BCUT2D eigenvalue weighted by Gasteiger charge is 2.24. The monoisotopic (exact) mass is 268 g/mol. The van der Waals surface area contributed by atoms with Gasteiger partial charge in [-0.3, -0.25) is 19.6 Å². The van der Waals surface area contributed by atoms with E-state index in [1.807, 2.05) is 0 Å². The second kappa shape index (κ2) is 5.79. The molecule has 1 fully saturated rings. The number of hydrogen-bond donors (Lipinski definition) is 2. The Bertz CT molecular complexity index is 473. The van der Waals surface area contributed by atoms with Crippen molar-refractivity contribution in [3.05, 3.63) is 22.5 Å². The van der Waals surface area contributed by atoms with Gasteiger partial charge < -0.3 is 10.4 Å². The van der Waals surface area contributed by atoms with Crippen LogP contribution in [-0.4, -0.2) is 37.9 Å². The zero-order valence-electron chi connectivity index (χ0n) is 10.4. The van der Waals surface area contributed by atoms with Gasteiger partial charge in [0.25, 0.3) is 0 Å². The van der Waals surface area contributed by atoms with Crippen LogP contribution in [0, 0.1) is 10.1 Å². The topological polar surface area (TPSA) is 110 Å². The molecule has 1 amide bonds. The molecule has 8 nitrogen and oxygen atoms in total. The average Bonchev–Trinajstić information content (AvgIpc) is 2.80. The first kappa shape index (κ1) is 13.5. The van der Waals surface area contributed by atoms with Crippen LogP contribution >= 0.6 is 0 Å². The Labute approximate surface area is 109 Å². The summed E-state index contributed by atoms with van der Waals surface area (Å²) in [5, 5.41) is 26.7. The molecule has 1 aliphatic rings. The molecule has 2 atom stereocenters. The number of carbonyl (C=O) groups is 1. The lowest BCUT2D eigenvalue weighted by molar-refractivity contribution is -0.385. The Morgan fingerprint density at radius 3 is 2.95 bits per heavy atom. The van der Waals surface area contributed by atoms with E-state index >= 15 is 0 Å². The van der Waals surface area contributed by atoms with Crippen molar-refractivity contribution in [3.8, 4) is 0 Å². The fourth-order valence-electron chi connectivity index (χ4n) is 2.21. The maximum atomic E-state index is 11.8. The third-order valence-electron chi connectivity index (χ3n) is 3.21. The molecule has 0 radical (unpaired) electrons. The van der Waals surface area contributed by atoms with Crippen molar-refractivity contribution in [1.82, 2.24) is 15.1 Å². The molecular formula is C11H16N4O4. The molecule has 2 rings (SSSR count). The summed E-state index contributed by atoms with van der Waals surface area (Å²) in [4.78, 5) is 21.7. The van der Waals surface area contributed by atoms with Crippen LogP contribution in [0.3, 0.4) is 0 Å². The van der Waals surface area contributed by atoms with Gasteiger partial charge in [-0.1, -0.05) is 12.8 Å². The normalized spacial score (nSPS) is 23.0. The van der Waals surface area contributed by atoms with Crippen molar-refractivity contribution in [2.24, 2.45) is 0 Å².